The Kier molecular flexibility index (Phi) is 2.81. The predicted octanol–water partition coefficient (Wildman–Crippen LogP) is 1.13. The molecule has 6 nitrogen and oxygen atoms in total. The monoisotopic (exact) mass is 277 g/mol. The molecule has 0 aliphatic carbocycles. The third-order valence-corrected chi connectivity index (χ3v) is 4.55. The molecule has 4 rings (SSSR count). The van der Waals surface area contributed by atoms with Crippen molar-refractivity contribution < 1.29 is 4.74 Å². The molecule has 2 aromatic rings. The van der Waals surface area contributed by atoms with E-state index in [4.69, 9.17) is 4.74 Å². The van der Waals surface area contributed by atoms with E-state index in [0.717, 1.165) is 48.5 Å². The van der Waals surface area contributed by atoms with Gasteiger partial charge in [0.15, 0.2) is 5.16 Å². The molecular formula is C12H15N5OS. The summed E-state index contributed by atoms with van der Waals surface area (Å²) in [5, 5.41) is 9.57. The minimum absolute atomic E-state index is 0.413. The average molecular weight is 277 g/mol. The maximum atomic E-state index is 5.38. The Morgan fingerprint density at radius 1 is 1.42 bits per heavy atom. The van der Waals surface area contributed by atoms with Crippen molar-refractivity contribution >= 4 is 11.8 Å². The maximum absolute atomic E-state index is 5.38. The molecule has 0 radical (unpaired) electrons. The molecule has 1 fully saturated rings. The highest BCUT2D eigenvalue weighted by Crippen LogP contribution is 2.25. The molecule has 0 bridgehead atoms. The van der Waals surface area contributed by atoms with Crippen LogP contribution in [-0.2, 0) is 17.8 Å². The number of hydrogen-bond donors (Lipinski definition) is 0. The van der Waals surface area contributed by atoms with Gasteiger partial charge in [0.05, 0.1) is 24.5 Å². The van der Waals surface area contributed by atoms with Crippen LogP contribution in [0.4, 0.5) is 0 Å². The van der Waals surface area contributed by atoms with Crippen molar-refractivity contribution in [3.05, 3.63) is 23.8 Å². The molecule has 0 amide bonds. The van der Waals surface area contributed by atoms with Gasteiger partial charge in [-0.15, -0.1) is 5.10 Å². The third-order valence-electron chi connectivity index (χ3n) is 3.58. The molecule has 1 saturated heterocycles. The van der Waals surface area contributed by atoms with E-state index in [1.54, 1.807) is 0 Å². The van der Waals surface area contributed by atoms with E-state index >= 15 is 0 Å². The average Bonchev–Trinajstić information content (AvgIpc) is 3.12. The van der Waals surface area contributed by atoms with Gasteiger partial charge in [-0.1, -0.05) is 17.0 Å². The highest BCUT2D eigenvalue weighted by molar-refractivity contribution is 7.99. The van der Waals surface area contributed by atoms with Crippen molar-refractivity contribution in [2.45, 2.75) is 30.6 Å². The summed E-state index contributed by atoms with van der Waals surface area (Å²) in [5.74, 6) is 1.55. The van der Waals surface area contributed by atoms with E-state index < -0.39 is 0 Å². The largest absolute Gasteiger partial charge is 0.381 e. The fourth-order valence-electron chi connectivity index (χ4n) is 2.55. The predicted molar refractivity (Wildman–Crippen MR) is 70.3 cm³/mol. The number of rotatable bonds is 3. The number of thioether (sulfide) groups is 1. The summed E-state index contributed by atoms with van der Waals surface area (Å²) in [6, 6.07) is 0. The third kappa shape index (κ3) is 2.17. The van der Waals surface area contributed by atoms with Crippen molar-refractivity contribution in [2.24, 2.45) is 0 Å². The summed E-state index contributed by atoms with van der Waals surface area (Å²) in [4.78, 5) is 4.61. The zero-order valence-electron chi connectivity index (χ0n) is 10.5. The second-order valence-corrected chi connectivity index (χ2v) is 6.02. The Balaban J connectivity index is 1.49. The highest BCUT2D eigenvalue weighted by Gasteiger charge is 2.21. The molecule has 2 aliphatic rings. The molecule has 19 heavy (non-hydrogen) atoms. The SMILES string of the molecule is c1c([C@@H]2CCOC2)nnn1Cc1cn2c(n1)SCC2. The summed E-state index contributed by atoms with van der Waals surface area (Å²) in [6.07, 6.45) is 5.19. The lowest BCUT2D eigenvalue weighted by Gasteiger charge is -2.00. The molecule has 0 N–H and O–H groups in total. The van der Waals surface area contributed by atoms with Crippen molar-refractivity contribution in [2.75, 3.05) is 19.0 Å². The van der Waals surface area contributed by atoms with Gasteiger partial charge in [0.1, 0.15) is 0 Å². The molecule has 0 unspecified atom stereocenters. The van der Waals surface area contributed by atoms with Crippen LogP contribution in [-0.4, -0.2) is 43.5 Å². The number of aromatic nitrogens is 5. The van der Waals surface area contributed by atoms with Crippen molar-refractivity contribution in [1.82, 2.24) is 24.5 Å². The molecule has 2 aliphatic heterocycles. The summed E-state index contributed by atoms with van der Waals surface area (Å²) in [5.41, 5.74) is 2.10. The second-order valence-electron chi connectivity index (χ2n) is 4.96. The lowest BCUT2D eigenvalue weighted by atomic mass is 10.1. The quantitative estimate of drug-likeness (QED) is 0.842. The summed E-state index contributed by atoms with van der Waals surface area (Å²) >= 11 is 1.81. The smallest absolute Gasteiger partial charge is 0.168 e. The van der Waals surface area contributed by atoms with Crippen molar-refractivity contribution in [3.63, 3.8) is 0 Å². The molecule has 0 aromatic carbocycles. The van der Waals surface area contributed by atoms with E-state index in [1.807, 2.05) is 22.6 Å². The van der Waals surface area contributed by atoms with E-state index in [9.17, 15) is 0 Å². The molecule has 0 spiro atoms. The summed E-state index contributed by atoms with van der Waals surface area (Å²) in [6.45, 7) is 3.37. The topological polar surface area (TPSA) is 57.8 Å². The first-order valence-corrected chi connectivity index (χ1v) is 7.54. The number of ether oxygens (including phenoxy) is 1. The van der Waals surface area contributed by atoms with Crippen molar-refractivity contribution in [1.29, 1.82) is 0 Å². The first-order valence-electron chi connectivity index (χ1n) is 6.55. The number of nitrogens with zero attached hydrogens (tertiary/aromatic N) is 5. The van der Waals surface area contributed by atoms with Gasteiger partial charge in [-0.05, 0) is 6.42 Å². The minimum Gasteiger partial charge on any atom is -0.381 e. The normalized spacial score (nSPS) is 22.0. The molecule has 2 aromatic heterocycles. The summed E-state index contributed by atoms with van der Waals surface area (Å²) in [7, 11) is 0. The summed E-state index contributed by atoms with van der Waals surface area (Å²) < 4.78 is 9.47. The fraction of sp³-hybridized carbons (Fsp3) is 0.583. The Labute approximate surface area is 115 Å². The molecular weight excluding hydrogens is 262 g/mol. The van der Waals surface area contributed by atoms with Crippen LogP contribution in [0.15, 0.2) is 17.6 Å². The van der Waals surface area contributed by atoms with Gasteiger partial charge in [0.2, 0.25) is 0 Å². The Morgan fingerprint density at radius 2 is 2.42 bits per heavy atom. The second kappa shape index (κ2) is 4.64. The molecule has 1 atom stereocenters. The number of aryl methyl sites for hydroxylation is 1. The van der Waals surface area contributed by atoms with Crippen molar-refractivity contribution in [3.8, 4) is 0 Å². The standard InChI is InChI=1S/C12H15N5OS/c1-3-18-8-9(1)11-7-17(15-14-11)6-10-5-16-2-4-19-12(16)13-10/h5,7,9H,1-4,6,8H2/t9-/m1/s1. The fourth-order valence-corrected chi connectivity index (χ4v) is 3.51. The molecule has 100 valence electrons. The van der Waals surface area contributed by atoms with Crippen LogP contribution in [0.1, 0.15) is 23.7 Å². The van der Waals surface area contributed by atoms with Gasteiger partial charge in [0.25, 0.3) is 0 Å². The van der Waals surface area contributed by atoms with E-state index in [1.165, 1.54) is 0 Å². The lowest BCUT2D eigenvalue weighted by molar-refractivity contribution is 0.193. The van der Waals surface area contributed by atoms with Crippen LogP contribution < -0.4 is 0 Å². The van der Waals surface area contributed by atoms with Gasteiger partial charge in [-0.3, -0.25) is 0 Å². The zero-order chi connectivity index (χ0) is 12.7. The zero-order valence-corrected chi connectivity index (χ0v) is 11.3. The van der Waals surface area contributed by atoms with E-state index in [0.29, 0.717) is 12.5 Å². The van der Waals surface area contributed by atoms with E-state index in [-0.39, 0.29) is 0 Å². The first-order chi connectivity index (χ1) is 9.38. The van der Waals surface area contributed by atoms with Crippen LogP contribution in [0.3, 0.4) is 0 Å². The van der Waals surface area contributed by atoms with Crippen LogP contribution in [0.2, 0.25) is 0 Å². The van der Waals surface area contributed by atoms with Gasteiger partial charge < -0.3 is 9.30 Å². The van der Waals surface area contributed by atoms with Crippen LogP contribution in [0.5, 0.6) is 0 Å². The van der Waals surface area contributed by atoms with Gasteiger partial charge in [-0.2, -0.15) is 0 Å². The maximum Gasteiger partial charge on any atom is 0.168 e. The first kappa shape index (κ1) is 11.5. The Bertz CT molecular complexity index is 565. The van der Waals surface area contributed by atoms with Gasteiger partial charge >= 0.3 is 0 Å². The number of fused-ring (bicyclic) bond motifs is 1. The number of imidazole rings is 1. The number of hydrogen-bond acceptors (Lipinski definition) is 5. The highest BCUT2D eigenvalue weighted by atomic mass is 32.2. The van der Waals surface area contributed by atoms with Crippen LogP contribution >= 0.6 is 11.8 Å². The Hall–Kier alpha value is -1.34. The van der Waals surface area contributed by atoms with E-state index in [2.05, 4.69) is 26.1 Å². The van der Waals surface area contributed by atoms with Gasteiger partial charge in [-0.25, -0.2) is 9.67 Å². The molecule has 7 heteroatoms. The van der Waals surface area contributed by atoms with Gasteiger partial charge in [0, 0.05) is 37.2 Å². The Morgan fingerprint density at radius 3 is 3.26 bits per heavy atom. The molecule has 0 saturated carbocycles. The molecule has 4 heterocycles. The van der Waals surface area contributed by atoms with Crippen LogP contribution in [0, 0.1) is 0 Å². The van der Waals surface area contributed by atoms with Crippen LogP contribution in [0.25, 0.3) is 0 Å². The minimum atomic E-state index is 0.413. The lowest BCUT2D eigenvalue weighted by Crippen LogP contribution is -2.01.